The third kappa shape index (κ3) is 4.85. The Morgan fingerprint density at radius 3 is 1.42 bits per heavy atom. The normalized spacial score (nSPS) is 14.6. The molecule has 0 radical (unpaired) electrons. The third-order valence-corrected chi connectivity index (χ3v) is 6.81. The minimum atomic E-state index is -3.45. The van der Waals surface area contributed by atoms with Crippen molar-refractivity contribution in [3.05, 3.63) is 59.7 Å². The van der Waals surface area contributed by atoms with Gasteiger partial charge in [0, 0.05) is 12.5 Å². The minimum absolute atomic E-state index is 0.0404. The van der Waals surface area contributed by atoms with Crippen molar-refractivity contribution in [3.63, 3.8) is 0 Å². The molecule has 2 atom stereocenters. The van der Waals surface area contributed by atoms with Gasteiger partial charge in [0.1, 0.15) is 10.8 Å². The van der Waals surface area contributed by atoms with Crippen LogP contribution in [0.4, 0.5) is 0 Å². The van der Waals surface area contributed by atoms with E-state index < -0.39 is 36.2 Å². The molecule has 0 heterocycles. The number of carbonyl (C=O) groups is 1. The van der Waals surface area contributed by atoms with Gasteiger partial charge in [-0.3, -0.25) is 4.79 Å². The second-order valence-corrected chi connectivity index (χ2v) is 10.7. The van der Waals surface area contributed by atoms with E-state index in [0.717, 1.165) is 12.5 Å². The fourth-order valence-electron chi connectivity index (χ4n) is 2.26. The number of sulfone groups is 2. The topological polar surface area (TPSA) is 85.3 Å². The van der Waals surface area contributed by atoms with Crippen molar-refractivity contribution in [2.75, 3.05) is 12.5 Å². The number of halogens is 2. The number of Topliss-reactive ketones (excluding diaryl/α,β-unsaturated/α-hetero) is 1. The first-order valence-electron chi connectivity index (χ1n) is 7.33. The van der Waals surface area contributed by atoms with Crippen LogP contribution in [-0.4, -0.2) is 35.1 Å². The van der Waals surface area contributed by atoms with Crippen LogP contribution in [0.5, 0.6) is 0 Å². The first kappa shape index (κ1) is 20.9. The molecule has 0 saturated carbocycles. The lowest BCUT2D eigenvalue weighted by atomic mass is 10.0. The lowest BCUT2D eigenvalue weighted by molar-refractivity contribution is -0.118. The molecule has 0 amide bonds. The van der Waals surface area contributed by atoms with Gasteiger partial charge in [0.25, 0.3) is 0 Å². The number of carbonyl (C=O) groups excluding carboxylic acids is 1. The largest absolute Gasteiger partial charge is 0.296 e. The second kappa shape index (κ2) is 7.68. The number of benzene rings is 2. The number of ketones is 1. The highest BCUT2D eigenvalue weighted by atomic mass is 35.5. The average Bonchev–Trinajstić information content (AvgIpc) is 2.58. The summed E-state index contributed by atoms with van der Waals surface area (Å²) in [5.41, 5.74) is 0.592. The van der Waals surface area contributed by atoms with Crippen molar-refractivity contribution in [2.45, 2.75) is 20.5 Å². The molecule has 140 valence electrons. The SMILES string of the molecule is CS(=O)(=O)c1cccc(C(Cl)C(=O)C(Cl)c2cccc(S(C)(=O)=O)c2)c1. The van der Waals surface area contributed by atoms with E-state index in [1.807, 2.05) is 0 Å². The number of hydrogen-bond acceptors (Lipinski definition) is 5. The van der Waals surface area contributed by atoms with Crippen LogP contribution in [0.25, 0.3) is 0 Å². The van der Waals surface area contributed by atoms with Gasteiger partial charge in [0.2, 0.25) is 0 Å². The average molecular weight is 435 g/mol. The van der Waals surface area contributed by atoms with Gasteiger partial charge in [-0.2, -0.15) is 0 Å². The summed E-state index contributed by atoms with van der Waals surface area (Å²) in [5, 5.41) is -2.36. The molecule has 2 rings (SSSR count). The van der Waals surface area contributed by atoms with Crippen molar-refractivity contribution >= 4 is 48.7 Å². The predicted octanol–water partition coefficient (Wildman–Crippen LogP) is 3.32. The molecule has 0 spiro atoms. The van der Waals surface area contributed by atoms with Crippen LogP contribution >= 0.6 is 23.2 Å². The van der Waals surface area contributed by atoms with E-state index in [1.165, 1.54) is 48.5 Å². The highest BCUT2D eigenvalue weighted by molar-refractivity contribution is 7.91. The summed E-state index contributed by atoms with van der Waals surface area (Å²) in [6.45, 7) is 0. The molecule has 0 aliphatic carbocycles. The molecule has 5 nitrogen and oxygen atoms in total. The summed E-state index contributed by atoms with van der Waals surface area (Å²) in [6, 6.07) is 11.5. The van der Waals surface area contributed by atoms with E-state index in [9.17, 15) is 21.6 Å². The Morgan fingerprint density at radius 1 is 0.769 bits per heavy atom. The van der Waals surface area contributed by atoms with Gasteiger partial charge in [-0.25, -0.2) is 16.8 Å². The maximum Gasteiger partial charge on any atom is 0.177 e. The summed E-state index contributed by atoms with van der Waals surface area (Å²) in [4.78, 5) is 12.7. The zero-order valence-corrected chi connectivity index (χ0v) is 17.0. The first-order chi connectivity index (χ1) is 11.9. The highest BCUT2D eigenvalue weighted by Gasteiger charge is 2.27. The fourth-order valence-corrected chi connectivity index (χ4v) is 4.20. The lowest BCUT2D eigenvalue weighted by Gasteiger charge is -2.15. The van der Waals surface area contributed by atoms with Gasteiger partial charge in [0.05, 0.1) is 9.79 Å². The summed E-state index contributed by atoms with van der Waals surface area (Å²) >= 11 is 12.4. The summed E-state index contributed by atoms with van der Waals surface area (Å²) in [5.74, 6) is -0.579. The monoisotopic (exact) mass is 434 g/mol. The lowest BCUT2D eigenvalue weighted by Crippen LogP contribution is -2.14. The Morgan fingerprint density at radius 2 is 1.12 bits per heavy atom. The molecular formula is C17H16Cl2O5S2. The molecule has 0 saturated heterocycles. The van der Waals surface area contributed by atoms with Crippen LogP contribution in [0.1, 0.15) is 21.9 Å². The Balaban J connectivity index is 2.34. The zero-order chi connectivity index (χ0) is 19.7. The Bertz CT molecular complexity index is 963. The van der Waals surface area contributed by atoms with Crippen LogP contribution in [0.15, 0.2) is 58.3 Å². The van der Waals surface area contributed by atoms with Crippen molar-refractivity contribution < 1.29 is 21.6 Å². The minimum Gasteiger partial charge on any atom is -0.296 e. The second-order valence-electron chi connectivity index (χ2n) is 5.82. The molecule has 2 aromatic rings. The maximum atomic E-state index is 12.6. The first-order valence-corrected chi connectivity index (χ1v) is 12.0. The maximum absolute atomic E-state index is 12.6. The van der Waals surface area contributed by atoms with Gasteiger partial charge in [-0.1, -0.05) is 24.3 Å². The highest BCUT2D eigenvalue weighted by Crippen LogP contribution is 2.33. The smallest absolute Gasteiger partial charge is 0.177 e. The molecule has 26 heavy (non-hydrogen) atoms. The molecule has 0 aliphatic heterocycles. The molecule has 0 bridgehead atoms. The van der Waals surface area contributed by atoms with Crippen LogP contribution < -0.4 is 0 Å². The van der Waals surface area contributed by atoms with E-state index >= 15 is 0 Å². The quantitative estimate of drug-likeness (QED) is 0.650. The van der Waals surface area contributed by atoms with E-state index in [1.54, 1.807) is 0 Å². The molecular weight excluding hydrogens is 419 g/mol. The van der Waals surface area contributed by atoms with E-state index in [-0.39, 0.29) is 9.79 Å². The Labute approximate surface area is 162 Å². The van der Waals surface area contributed by atoms with Crippen LogP contribution in [0.3, 0.4) is 0 Å². The van der Waals surface area contributed by atoms with Gasteiger partial charge in [0.15, 0.2) is 25.5 Å². The molecule has 9 heteroatoms. The van der Waals surface area contributed by atoms with Gasteiger partial charge in [-0.05, 0) is 35.4 Å². The predicted molar refractivity (Wildman–Crippen MR) is 101 cm³/mol. The van der Waals surface area contributed by atoms with Crippen molar-refractivity contribution in [1.82, 2.24) is 0 Å². The number of hydrogen-bond donors (Lipinski definition) is 0. The molecule has 0 N–H and O–H groups in total. The standard InChI is InChI=1S/C17H16Cl2O5S2/c1-25(21,22)13-7-3-5-11(9-13)15(18)17(20)16(19)12-6-4-8-14(10-12)26(2,23)24/h3-10,15-16H,1-2H3. The molecule has 0 aliphatic rings. The molecule has 0 aromatic heterocycles. The van der Waals surface area contributed by atoms with Crippen LogP contribution in [0.2, 0.25) is 0 Å². The van der Waals surface area contributed by atoms with Crippen molar-refractivity contribution in [1.29, 1.82) is 0 Å². The molecule has 2 unspecified atom stereocenters. The Kier molecular flexibility index (Phi) is 6.17. The van der Waals surface area contributed by atoms with E-state index in [4.69, 9.17) is 23.2 Å². The van der Waals surface area contributed by atoms with Gasteiger partial charge >= 0.3 is 0 Å². The number of alkyl halides is 2. The van der Waals surface area contributed by atoms with Gasteiger partial charge in [-0.15, -0.1) is 23.2 Å². The zero-order valence-electron chi connectivity index (χ0n) is 13.9. The molecule has 0 fully saturated rings. The fraction of sp³-hybridized carbons (Fsp3) is 0.235. The van der Waals surface area contributed by atoms with Crippen LogP contribution in [-0.2, 0) is 24.5 Å². The van der Waals surface area contributed by atoms with E-state index in [0.29, 0.717) is 11.1 Å². The Hall–Kier alpha value is -1.41. The van der Waals surface area contributed by atoms with Crippen LogP contribution in [0, 0.1) is 0 Å². The van der Waals surface area contributed by atoms with Crippen molar-refractivity contribution in [2.24, 2.45) is 0 Å². The van der Waals surface area contributed by atoms with E-state index in [2.05, 4.69) is 0 Å². The summed E-state index contributed by atoms with van der Waals surface area (Å²) in [6.07, 6.45) is 2.11. The summed E-state index contributed by atoms with van der Waals surface area (Å²) in [7, 11) is -6.90. The number of rotatable bonds is 6. The van der Waals surface area contributed by atoms with Crippen molar-refractivity contribution in [3.8, 4) is 0 Å². The third-order valence-electron chi connectivity index (χ3n) is 3.66. The summed E-state index contributed by atoms with van der Waals surface area (Å²) < 4.78 is 46.6. The molecule has 2 aromatic carbocycles. The van der Waals surface area contributed by atoms with Gasteiger partial charge < -0.3 is 0 Å².